The molecule has 0 N–H and O–H groups in total. The van der Waals surface area contributed by atoms with Gasteiger partial charge in [0.25, 0.3) is 0 Å². The van der Waals surface area contributed by atoms with E-state index in [0.29, 0.717) is 18.7 Å². The molecule has 1 saturated heterocycles. The number of amides is 1. The SMILES string of the molecule is CC(C)(C)OC(=O)N1CC(n2cc(-c3cc(C(F)(F)F)ccc3C#N)cn2)C1. The largest absolute Gasteiger partial charge is 0.444 e. The number of nitriles is 1. The van der Waals surface area contributed by atoms with Crippen molar-refractivity contribution in [1.29, 1.82) is 5.26 Å². The van der Waals surface area contributed by atoms with Gasteiger partial charge in [-0.15, -0.1) is 0 Å². The molecule has 1 aromatic heterocycles. The van der Waals surface area contributed by atoms with E-state index < -0.39 is 23.4 Å². The lowest BCUT2D eigenvalue weighted by atomic mass is 10.00. The van der Waals surface area contributed by atoms with Gasteiger partial charge in [-0.05, 0) is 39.0 Å². The fourth-order valence-electron chi connectivity index (χ4n) is 2.83. The molecule has 0 radical (unpaired) electrons. The molecule has 0 saturated carbocycles. The summed E-state index contributed by atoms with van der Waals surface area (Å²) in [4.78, 5) is 13.5. The second-order valence-electron chi connectivity index (χ2n) is 7.62. The maximum absolute atomic E-state index is 13.0. The van der Waals surface area contributed by atoms with Crippen molar-refractivity contribution in [3.63, 3.8) is 0 Å². The van der Waals surface area contributed by atoms with Crippen LogP contribution in [0, 0.1) is 11.3 Å². The van der Waals surface area contributed by atoms with Crippen LogP contribution in [0.25, 0.3) is 11.1 Å². The van der Waals surface area contributed by atoms with Gasteiger partial charge >= 0.3 is 12.3 Å². The molecule has 2 aromatic rings. The average molecular weight is 392 g/mol. The van der Waals surface area contributed by atoms with Crippen LogP contribution in [0.3, 0.4) is 0 Å². The molecule has 0 unspecified atom stereocenters. The molecule has 1 aromatic carbocycles. The molecule has 148 valence electrons. The highest BCUT2D eigenvalue weighted by Crippen LogP contribution is 2.34. The predicted molar refractivity (Wildman–Crippen MR) is 94.2 cm³/mol. The molecule has 28 heavy (non-hydrogen) atoms. The molecule has 9 heteroatoms. The fourth-order valence-corrected chi connectivity index (χ4v) is 2.83. The van der Waals surface area contributed by atoms with E-state index in [4.69, 9.17) is 4.74 Å². The van der Waals surface area contributed by atoms with Crippen LogP contribution in [-0.2, 0) is 10.9 Å². The normalized spacial score (nSPS) is 15.1. The topological polar surface area (TPSA) is 71.2 Å². The Morgan fingerprint density at radius 2 is 1.96 bits per heavy atom. The Morgan fingerprint density at radius 3 is 2.54 bits per heavy atom. The number of aromatic nitrogens is 2. The molecular weight excluding hydrogens is 373 g/mol. The Balaban J connectivity index is 1.76. The number of hydrogen-bond acceptors (Lipinski definition) is 4. The number of rotatable bonds is 2. The van der Waals surface area contributed by atoms with E-state index in [1.54, 1.807) is 31.6 Å². The molecule has 1 aliphatic heterocycles. The second kappa shape index (κ2) is 6.86. The highest BCUT2D eigenvalue weighted by atomic mass is 19.4. The number of ether oxygens (including phenoxy) is 1. The van der Waals surface area contributed by atoms with Crippen molar-refractivity contribution in [2.75, 3.05) is 13.1 Å². The number of carbonyl (C=O) groups excluding carboxylic acids is 1. The summed E-state index contributed by atoms with van der Waals surface area (Å²) < 4.78 is 45.9. The molecule has 6 nitrogen and oxygen atoms in total. The zero-order chi connectivity index (χ0) is 20.7. The molecule has 0 bridgehead atoms. The van der Waals surface area contributed by atoms with Gasteiger partial charge < -0.3 is 9.64 Å². The fraction of sp³-hybridized carbons (Fsp3) is 0.421. The lowest BCUT2D eigenvalue weighted by Crippen LogP contribution is -2.52. The van der Waals surface area contributed by atoms with Gasteiger partial charge in [0.05, 0.1) is 29.4 Å². The second-order valence-corrected chi connectivity index (χ2v) is 7.62. The van der Waals surface area contributed by atoms with Crippen molar-refractivity contribution in [3.05, 3.63) is 41.7 Å². The molecule has 1 aliphatic rings. The van der Waals surface area contributed by atoms with Crippen molar-refractivity contribution in [1.82, 2.24) is 14.7 Å². The van der Waals surface area contributed by atoms with E-state index in [0.717, 1.165) is 18.2 Å². The number of carbonyl (C=O) groups is 1. The molecule has 0 atom stereocenters. The maximum Gasteiger partial charge on any atom is 0.416 e. The Hall–Kier alpha value is -3.02. The first kappa shape index (κ1) is 19.7. The Labute approximate surface area is 160 Å². The van der Waals surface area contributed by atoms with Crippen LogP contribution in [0.15, 0.2) is 30.6 Å². The van der Waals surface area contributed by atoms with Crippen LogP contribution < -0.4 is 0 Å². The predicted octanol–water partition coefficient (Wildman–Crippen LogP) is 4.23. The van der Waals surface area contributed by atoms with Crippen molar-refractivity contribution >= 4 is 6.09 Å². The summed E-state index contributed by atoms with van der Waals surface area (Å²) in [5, 5.41) is 13.4. The zero-order valence-corrected chi connectivity index (χ0v) is 15.6. The minimum atomic E-state index is -4.50. The van der Waals surface area contributed by atoms with Crippen LogP contribution in [0.4, 0.5) is 18.0 Å². The third-order valence-corrected chi connectivity index (χ3v) is 4.27. The summed E-state index contributed by atoms with van der Waals surface area (Å²) in [6.07, 6.45) is -1.90. The lowest BCUT2D eigenvalue weighted by molar-refractivity contribution is -0.137. The quantitative estimate of drug-likeness (QED) is 0.767. The van der Waals surface area contributed by atoms with Gasteiger partial charge in [0.2, 0.25) is 0 Å². The highest BCUT2D eigenvalue weighted by molar-refractivity contribution is 5.71. The van der Waals surface area contributed by atoms with Crippen molar-refractivity contribution in [2.24, 2.45) is 0 Å². The standard InChI is InChI=1S/C19H19F3N4O2/c1-18(2,3)28-17(27)25-10-15(11-25)26-9-13(8-24-26)16-6-14(19(20,21)22)5-4-12(16)7-23/h4-6,8-9,15H,10-11H2,1-3H3. The number of alkyl halides is 3. The van der Waals surface area contributed by atoms with Crippen molar-refractivity contribution in [2.45, 2.75) is 38.6 Å². The van der Waals surface area contributed by atoms with Crippen LogP contribution in [0.5, 0.6) is 0 Å². The monoisotopic (exact) mass is 392 g/mol. The number of halogens is 3. The first-order valence-corrected chi connectivity index (χ1v) is 8.62. The summed E-state index contributed by atoms with van der Waals surface area (Å²) in [6.45, 7) is 6.13. The van der Waals surface area contributed by atoms with E-state index >= 15 is 0 Å². The number of nitrogens with zero attached hydrogens (tertiary/aromatic N) is 4. The molecule has 2 heterocycles. The zero-order valence-electron chi connectivity index (χ0n) is 15.6. The Morgan fingerprint density at radius 1 is 1.29 bits per heavy atom. The third-order valence-electron chi connectivity index (χ3n) is 4.27. The molecule has 3 rings (SSSR count). The molecule has 0 aliphatic carbocycles. The summed E-state index contributed by atoms with van der Waals surface area (Å²) in [6, 6.07) is 4.80. The number of likely N-dealkylation sites (tertiary alicyclic amines) is 1. The summed E-state index contributed by atoms with van der Waals surface area (Å²) in [5.74, 6) is 0. The first-order chi connectivity index (χ1) is 13.0. The minimum absolute atomic E-state index is 0.0994. The van der Waals surface area contributed by atoms with Crippen molar-refractivity contribution < 1.29 is 22.7 Å². The van der Waals surface area contributed by atoms with Gasteiger partial charge in [-0.2, -0.15) is 23.5 Å². The smallest absolute Gasteiger partial charge is 0.416 e. The molecule has 1 fully saturated rings. The Kier molecular flexibility index (Phi) is 4.83. The first-order valence-electron chi connectivity index (χ1n) is 8.62. The van der Waals surface area contributed by atoms with E-state index in [9.17, 15) is 23.2 Å². The van der Waals surface area contributed by atoms with Crippen LogP contribution in [-0.4, -0.2) is 39.5 Å². The van der Waals surface area contributed by atoms with E-state index in [-0.39, 0.29) is 17.2 Å². The van der Waals surface area contributed by atoms with Gasteiger partial charge in [0.15, 0.2) is 0 Å². The highest BCUT2D eigenvalue weighted by Gasteiger charge is 2.35. The number of benzene rings is 1. The Bertz CT molecular complexity index is 932. The third kappa shape index (κ3) is 4.11. The molecule has 1 amide bonds. The van der Waals surface area contributed by atoms with Gasteiger partial charge in [0.1, 0.15) is 5.60 Å². The van der Waals surface area contributed by atoms with Crippen LogP contribution in [0.1, 0.15) is 37.9 Å². The summed E-state index contributed by atoms with van der Waals surface area (Å²) >= 11 is 0. The van der Waals surface area contributed by atoms with Crippen molar-refractivity contribution in [3.8, 4) is 17.2 Å². The molecular formula is C19H19F3N4O2. The van der Waals surface area contributed by atoms with E-state index in [2.05, 4.69) is 5.10 Å². The van der Waals surface area contributed by atoms with E-state index in [1.807, 2.05) is 6.07 Å². The summed E-state index contributed by atoms with van der Waals surface area (Å²) in [5.41, 5.74) is -0.686. The number of hydrogen-bond donors (Lipinski definition) is 0. The van der Waals surface area contributed by atoms with Gasteiger partial charge in [0, 0.05) is 30.4 Å². The van der Waals surface area contributed by atoms with Crippen LogP contribution in [0.2, 0.25) is 0 Å². The van der Waals surface area contributed by atoms with Gasteiger partial charge in [-0.1, -0.05) is 0 Å². The van der Waals surface area contributed by atoms with Gasteiger partial charge in [-0.25, -0.2) is 4.79 Å². The van der Waals surface area contributed by atoms with Gasteiger partial charge in [-0.3, -0.25) is 4.68 Å². The summed E-state index contributed by atoms with van der Waals surface area (Å²) in [7, 11) is 0. The van der Waals surface area contributed by atoms with E-state index in [1.165, 1.54) is 11.1 Å². The van der Waals surface area contributed by atoms with Crippen LogP contribution >= 0.6 is 0 Å². The lowest BCUT2D eigenvalue weighted by Gasteiger charge is -2.39. The molecule has 0 spiro atoms. The maximum atomic E-state index is 13.0. The average Bonchev–Trinajstić information content (AvgIpc) is 2.99. The minimum Gasteiger partial charge on any atom is -0.444 e.